The quantitative estimate of drug-likeness (QED) is 0.138. The molecule has 14 atom stereocenters. The summed E-state index contributed by atoms with van der Waals surface area (Å²) in [6, 6.07) is -2.73. The number of carbonyl (C=O) groups is 1. The van der Waals surface area contributed by atoms with Crippen molar-refractivity contribution in [2.24, 2.45) is 28.7 Å². The van der Waals surface area contributed by atoms with E-state index in [9.17, 15) is 30.3 Å². The van der Waals surface area contributed by atoms with E-state index in [1.807, 2.05) is 0 Å². The minimum Gasteiger partial charge on any atom is -0.388 e. The molecule has 0 bridgehead atoms. The highest BCUT2D eigenvalue weighted by molar-refractivity contribution is 5.72. The summed E-state index contributed by atoms with van der Waals surface area (Å²) in [7, 11) is 0. The van der Waals surface area contributed by atoms with Crippen molar-refractivity contribution < 1.29 is 49.3 Å². The maximum absolute atomic E-state index is 11.3. The Morgan fingerprint density at radius 2 is 1.61 bits per heavy atom. The van der Waals surface area contributed by atoms with E-state index >= 15 is 0 Å². The standard InChI is InChI=1S/C20H40N6O10/c1-6(27)26-5-10-18(31)20(25,32)3-11(33-10)35-16-7(22)2-8(23)17(15(16)30)36-19-12(24)14(29)13(28)9(4-21)34-19/h7-19,28-32H,2-5,21-25H2,1H3,(H,26,27)/t7-,8+,9-,10-,11-,12-,13-,14-,15-,16+,17-,18-,19-,20-/m1/s1. The van der Waals surface area contributed by atoms with Gasteiger partial charge in [-0.3, -0.25) is 4.79 Å². The summed E-state index contributed by atoms with van der Waals surface area (Å²) in [4.78, 5) is 11.3. The third-order valence-corrected chi connectivity index (χ3v) is 6.88. The number of hydrogen-bond acceptors (Lipinski definition) is 15. The molecule has 0 radical (unpaired) electrons. The lowest BCUT2D eigenvalue weighted by atomic mass is 9.84. The van der Waals surface area contributed by atoms with Crippen molar-refractivity contribution in [3.63, 3.8) is 0 Å². The SMILES string of the molecule is CC(=O)NC[C@H]1O[C@H](O[C@@H]2[C@@H](O)[C@H](O[C@H]3O[C@H](CN)[C@@H](O)[C@H](O)[C@H]3N)[C@@H](N)C[C@H]2N)C[C@@](N)(O)[C@@H]1O. The van der Waals surface area contributed by atoms with E-state index in [0.29, 0.717) is 0 Å². The highest BCUT2D eigenvalue weighted by Crippen LogP contribution is 2.32. The largest absolute Gasteiger partial charge is 0.388 e. The van der Waals surface area contributed by atoms with Crippen molar-refractivity contribution in [1.82, 2.24) is 5.32 Å². The van der Waals surface area contributed by atoms with Crippen LogP contribution < -0.4 is 34.0 Å². The second kappa shape index (κ2) is 11.7. The fourth-order valence-electron chi connectivity index (χ4n) is 4.75. The van der Waals surface area contributed by atoms with Crippen LogP contribution in [-0.4, -0.2) is 130 Å². The number of aliphatic hydroxyl groups excluding tert-OH is 4. The average molecular weight is 525 g/mol. The van der Waals surface area contributed by atoms with Gasteiger partial charge in [-0.05, 0) is 6.42 Å². The summed E-state index contributed by atoms with van der Waals surface area (Å²) in [6.07, 6.45) is -12.7. The minimum atomic E-state index is -2.11. The molecule has 0 aromatic heterocycles. The fourth-order valence-corrected chi connectivity index (χ4v) is 4.75. The fraction of sp³-hybridized carbons (Fsp3) is 0.950. The molecule has 2 aliphatic heterocycles. The van der Waals surface area contributed by atoms with E-state index in [1.165, 1.54) is 6.92 Å². The molecule has 3 rings (SSSR count). The van der Waals surface area contributed by atoms with Crippen LogP contribution in [-0.2, 0) is 23.7 Å². The number of nitrogens with two attached hydrogens (primary N) is 5. The van der Waals surface area contributed by atoms with Gasteiger partial charge in [-0.2, -0.15) is 0 Å². The van der Waals surface area contributed by atoms with Crippen LogP contribution in [0.15, 0.2) is 0 Å². The Kier molecular flexibility index (Phi) is 9.62. The molecular weight excluding hydrogens is 484 g/mol. The van der Waals surface area contributed by atoms with Gasteiger partial charge in [0.2, 0.25) is 5.91 Å². The summed E-state index contributed by atoms with van der Waals surface area (Å²) in [5.74, 6) is -0.384. The summed E-state index contributed by atoms with van der Waals surface area (Å²) < 4.78 is 23.0. The molecule has 3 aliphatic rings. The number of hydrogen-bond donors (Lipinski definition) is 11. The van der Waals surface area contributed by atoms with Gasteiger partial charge >= 0.3 is 0 Å². The van der Waals surface area contributed by atoms with Crippen LogP contribution in [0.2, 0.25) is 0 Å². The number of nitrogens with one attached hydrogen (secondary N) is 1. The highest BCUT2D eigenvalue weighted by atomic mass is 16.7. The van der Waals surface area contributed by atoms with Gasteiger partial charge in [0.25, 0.3) is 0 Å². The molecule has 1 saturated carbocycles. The molecule has 210 valence electrons. The van der Waals surface area contributed by atoms with Crippen molar-refractivity contribution in [2.45, 2.75) is 105 Å². The molecule has 36 heavy (non-hydrogen) atoms. The summed E-state index contributed by atoms with van der Waals surface area (Å²) in [5.41, 5.74) is 27.6. The van der Waals surface area contributed by atoms with E-state index in [0.717, 1.165) is 0 Å². The van der Waals surface area contributed by atoms with Gasteiger partial charge in [0.05, 0.1) is 6.04 Å². The van der Waals surface area contributed by atoms with Crippen molar-refractivity contribution in [2.75, 3.05) is 13.1 Å². The monoisotopic (exact) mass is 524 g/mol. The van der Waals surface area contributed by atoms with Gasteiger partial charge in [0.1, 0.15) is 54.6 Å². The molecule has 0 spiro atoms. The predicted molar refractivity (Wildman–Crippen MR) is 121 cm³/mol. The molecule has 0 unspecified atom stereocenters. The third kappa shape index (κ3) is 6.30. The molecule has 1 amide bonds. The number of aliphatic hydroxyl groups is 5. The predicted octanol–water partition coefficient (Wildman–Crippen LogP) is -6.83. The molecule has 0 aromatic rings. The second-order valence-corrected chi connectivity index (χ2v) is 9.77. The molecule has 16 heteroatoms. The summed E-state index contributed by atoms with van der Waals surface area (Å²) in [5, 5.41) is 54.6. The van der Waals surface area contributed by atoms with Crippen LogP contribution in [0.25, 0.3) is 0 Å². The molecular formula is C20H40N6O10. The smallest absolute Gasteiger partial charge is 0.216 e. The lowest BCUT2D eigenvalue weighted by molar-refractivity contribution is -0.316. The Labute approximate surface area is 207 Å². The van der Waals surface area contributed by atoms with Gasteiger partial charge < -0.3 is 78.5 Å². The van der Waals surface area contributed by atoms with E-state index in [2.05, 4.69) is 5.32 Å². The van der Waals surface area contributed by atoms with Gasteiger partial charge in [-0.1, -0.05) is 0 Å². The van der Waals surface area contributed by atoms with Crippen LogP contribution in [0.3, 0.4) is 0 Å². The lowest BCUT2D eigenvalue weighted by Crippen LogP contribution is -2.69. The first-order chi connectivity index (χ1) is 16.8. The van der Waals surface area contributed by atoms with Gasteiger partial charge in [-0.15, -0.1) is 0 Å². The summed E-state index contributed by atoms with van der Waals surface area (Å²) in [6.45, 7) is 1.00. The molecule has 16 N–H and O–H groups in total. The van der Waals surface area contributed by atoms with Crippen molar-refractivity contribution in [1.29, 1.82) is 0 Å². The first-order valence-corrected chi connectivity index (χ1v) is 11.8. The zero-order chi connectivity index (χ0) is 26.9. The van der Waals surface area contributed by atoms with Gasteiger partial charge in [0.15, 0.2) is 12.6 Å². The average Bonchev–Trinajstić information content (AvgIpc) is 2.80. The molecule has 1 aliphatic carbocycles. The zero-order valence-electron chi connectivity index (χ0n) is 20.0. The maximum atomic E-state index is 11.3. The highest BCUT2D eigenvalue weighted by Gasteiger charge is 2.51. The zero-order valence-corrected chi connectivity index (χ0v) is 20.0. The van der Waals surface area contributed by atoms with Crippen LogP contribution in [0.5, 0.6) is 0 Å². The van der Waals surface area contributed by atoms with Crippen LogP contribution in [0, 0.1) is 0 Å². The van der Waals surface area contributed by atoms with Crippen molar-refractivity contribution >= 4 is 5.91 Å². The third-order valence-electron chi connectivity index (χ3n) is 6.88. The van der Waals surface area contributed by atoms with Gasteiger partial charge in [0, 0.05) is 38.5 Å². The molecule has 3 fully saturated rings. The number of amides is 1. The number of carbonyl (C=O) groups excluding carboxylic acids is 1. The summed E-state index contributed by atoms with van der Waals surface area (Å²) >= 11 is 0. The topological polar surface area (TPSA) is 297 Å². The molecule has 2 heterocycles. The Morgan fingerprint density at radius 1 is 1.00 bits per heavy atom. The lowest BCUT2D eigenvalue weighted by Gasteiger charge is -2.48. The van der Waals surface area contributed by atoms with E-state index < -0.39 is 85.3 Å². The molecule has 16 nitrogen and oxygen atoms in total. The van der Waals surface area contributed by atoms with E-state index in [4.69, 9.17) is 47.6 Å². The van der Waals surface area contributed by atoms with Crippen molar-refractivity contribution in [3.05, 3.63) is 0 Å². The Morgan fingerprint density at radius 3 is 2.19 bits per heavy atom. The Balaban J connectivity index is 1.71. The number of rotatable bonds is 7. The molecule has 2 saturated heterocycles. The van der Waals surface area contributed by atoms with Gasteiger partial charge in [-0.25, -0.2) is 0 Å². The van der Waals surface area contributed by atoms with Crippen LogP contribution in [0.1, 0.15) is 19.8 Å². The second-order valence-electron chi connectivity index (χ2n) is 9.77. The van der Waals surface area contributed by atoms with Crippen LogP contribution in [0.4, 0.5) is 0 Å². The maximum Gasteiger partial charge on any atom is 0.216 e. The Bertz CT molecular complexity index is 750. The van der Waals surface area contributed by atoms with E-state index in [1.54, 1.807) is 0 Å². The van der Waals surface area contributed by atoms with Crippen LogP contribution >= 0.6 is 0 Å². The number of ether oxygens (including phenoxy) is 4. The molecule has 0 aromatic carbocycles. The Hall–Kier alpha value is -1.09. The normalized spacial score (nSPS) is 50.0. The first-order valence-electron chi connectivity index (χ1n) is 11.8. The first kappa shape index (κ1) is 29.5. The minimum absolute atomic E-state index is 0.118. The van der Waals surface area contributed by atoms with Crippen molar-refractivity contribution in [3.8, 4) is 0 Å². The van der Waals surface area contributed by atoms with E-state index in [-0.39, 0.29) is 31.8 Å².